The molecule has 3 fully saturated rings. The van der Waals surface area contributed by atoms with Crippen LogP contribution in [0.3, 0.4) is 0 Å². The molecule has 0 aliphatic carbocycles. The number of hydrogen-bond acceptors (Lipinski definition) is 8. The van der Waals surface area contributed by atoms with Crippen molar-refractivity contribution in [3.63, 3.8) is 0 Å². The number of nitrogens with zero attached hydrogens (tertiary/aromatic N) is 5. The van der Waals surface area contributed by atoms with Gasteiger partial charge in [-0.3, -0.25) is 0 Å². The molecule has 206 valence electrons. The fourth-order valence-electron chi connectivity index (χ4n) is 6.11. The fraction of sp³-hybridized carbons (Fsp3) is 0.467. The van der Waals surface area contributed by atoms with Crippen LogP contribution < -0.4 is 19.9 Å². The van der Waals surface area contributed by atoms with Crippen LogP contribution >= 0.6 is 0 Å². The van der Waals surface area contributed by atoms with E-state index in [0.717, 1.165) is 76.4 Å². The van der Waals surface area contributed by atoms with E-state index in [9.17, 15) is 5.11 Å². The summed E-state index contributed by atoms with van der Waals surface area (Å²) in [7, 11) is 2.13. The van der Waals surface area contributed by atoms with Gasteiger partial charge in [-0.2, -0.15) is 4.98 Å². The Hall–Kier alpha value is -3.43. The maximum Gasteiger partial charge on any atom is 0.228 e. The molecule has 39 heavy (non-hydrogen) atoms. The van der Waals surface area contributed by atoms with E-state index in [-0.39, 0.29) is 11.3 Å². The zero-order chi connectivity index (χ0) is 27.1. The van der Waals surface area contributed by atoms with Crippen molar-refractivity contribution in [2.24, 2.45) is 5.41 Å². The van der Waals surface area contributed by atoms with Gasteiger partial charge in [-0.1, -0.05) is 18.7 Å². The average Bonchev–Trinajstić information content (AvgIpc) is 2.93. The molecule has 2 aromatic carbocycles. The standard InChI is InChI=1S/C30H37FN6O2/c1-4-20-17-21-26(27(39-5-2)24(20)25-22(31)7-6-8-23(25)38)33-29(37-15-13-35(3)14-16-37)34-28(21)36-11-9-30(10-12-36)18-32-19-30/h4,6-8,17,32,38H,1,5,9-16,18-19H2,2-3H3. The molecule has 4 heterocycles. The molecule has 6 rings (SSSR count). The van der Waals surface area contributed by atoms with Gasteiger partial charge in [0.15, 0.2) is 5.75 Å². The molecule has 1 aromatic heterocycles. The van der Waals surface area contributed by atoms with Gasteiger partial charge >= 0.3 is 0 Å². The first-order chi connectivity index (χ1) is 18.9. The second kappa shape index (κ2) is 10.3. The number of phenols is 1. The zero-order valence-corrected chi connectivity index (χ0v) is 22.8. The van der Waals surface area contributed by atoms with E-state index >= 15 is 4.39 Å². The number of ether oxygens (including phenoxy) is 1. The van der Waals surface area contributed by atoms with E-state index in [1.165, 1.54) is 18.2 Å². The smallest absolute Gasteiger partial charge is 0.228 e. The second-order valence-corrected chi connectivity index (χ2v) is 11.1. The van der Waals surface area contributed by atoms with Crippen LogP contribution in [0.2, 0.25) is 0 Å². The Bertz CT molecular complexity index is 1370. The van der Waals surface area contributed by atoms with Gasteiger partial charge < -0.3 is 29.9 Å². The normalized spacial score (nSPS) is 19.4. The maximum atomic E-state index is 15.3. The van der Waals surface area contributed by atoms with Crippen LogP contribution in [0.1, 0.15) is 25.3 Å². The summed E-state index contributed by atoms with van der Waals surface area (Å²) in [5.74, 6) is 1.31. The lowest BCUT2D eigenvalue weighted by molar-refractivity contribution is 0.126. The lowest BCUT2D eigenvalue weighted by Gasteiger charge is -2.48. The van der Waals surface area contributed by atoms with Crippen molar-refractivity contribution < 1.29 is 14.2 Å². The molecule has 9 heteroatoms. The number of aromatic nitrogens is 2. The van der Waals surface area contributed by atoms with Crippen LogP contribution in [-0.2, 0) is 0 Å². The van der Waals surface area contributed by atoms with Gasteiger partial charge in [-0.25, -0.2) is 9.37 Å². The molecule has 3 saturated heterocycles. The predicted octanol–water partition coefficient (Wildman–Crippen LogP) is 4.12. The number of piperazine rings is 1. The van der Waals surface area contributed by atoms with Crippen LogP contribution in [-0.4, -0.2) is 86.0 Å². The Labute approximate surface area is 229 Å². The molecular weight excluding hydrogens is 495 g/mol. The minimum absolute atomic E-state index is 0.0939. The van der Waals surface area contributed by atoms with Crippen molar-refractivity contribution in [1.82, 2.24) is 20.2 Å². The number of rotatable bonds is 6. The number of hydrogen-bond donors (Lipinski definition) is 2. The predicted molar refractivity (Wildman–Crippen MR) is 154 cm³/mol. The third-order valence-electron chi connectivity index (χ3n) is 8.60. The van der Waals surface area contributed by atoms with Crippen molar-refractivity contribution >= 4 is 28.7 Å². The quantitative estimate of drug-likeness (QED) is 0.491. The highest BCUT2D eigenvalue weighted by Gasteiger charge is 2.40. The SMILES string of the molecule is C=Cc1cc2c(N3CCC4(CC3)CNC4)nc(N3CCN(C)CC3)nc2c(OCC)c1-c1c(O)cccc1F. The topological polar surface area (TPSA) is 77.0 Å². The van der Waals surface area contributed by atoms with Gasteiger partial charge in [0.05, 0.1) is 12.2 Å². The minimum atomic E-state index is -0.526. The number of likely N-dealkylation sites (N-methyl/N-ethyl adjacent to an activating group) is 1. The van der Waals surface area contributed by atoms with Crippen molar-refractivity contribution in [3.8, 4) is 22.6 Å². The van der Waals surface area contributed by atoms with Gasteiger partial charge in [0.2, 0.25) is 5.95 Å². The Morgan fingerprint density at radius 2 is 1.82 bits per heavy atom. The molecule has 8 nitrogen and oxygen atoms in total. The number of aromatic hydroxyl groups is 1. The summed E-state index contributed by atoms with van der Waals surface area (Å²) in [4.78, 5) is 17.1. The summed E-state index contributed by atoms with van der Waals surface area (Å²) in [6.07, 6.45) is 3.92. The summed E-state index contributed by atoms with van der Waals surface area (Å²) < 4.78 is 21.5. The molecule has 0 bridgehead atoms. The largest absolute Gasteiger partial charge is 0.507 e. The highest BCUT2D eigenvalue weighted by molar-refractivity contribution is 6.03. The van der Waals surface area contributed by atoms with Crippen LogP contribution in [0.5, 0.6) is 11.5 Å². The van der Waals surface area contributed by atoms with Crippen molar-refractivity contribution in [3.05, 3.63) is 42.2 Å². The monoisotopic (exact) mass is 532 g/mol. The highest BCUT2D eigenvalue weighted by atomic mass is 19.1. The van der Waals surface area contributed by atoms with E-state index in [4.69, 9.17) is 14.7 Å². The number of piperidine rings is 1. The summed E-state index contributed by atoms with van der Waals surface area (Å²) >= 11 is 0. The number of anilines is 2. The molecule has 2 N–H and O–H groups in total. The number of halogens is 1. The Morgan fingerprint density at radius 3 is 2.44 bits per heavy atom. The van der Waals surface area contributed by atoms with Gasteiger partial charge in [0, 0.05) is 63.3 Å². The Morgan fingerprint density at radius 1 is 1.08 bits per heavy atom. The Balaban J connectivity index is 1.57. The van der Waals surface area contributed by atoms with Crippen LogP contribution in [0.4, 0.5) is 16.2 Å². The molecule has 3 aliphatic heterocycles. The maximum absolute atomic E-state index is 15.3. The van der Waals surface area contributed by atoms with E-state index < -0.39 is 5.82 Å². The minimum Gasteiger partial charge on any atom is -0.507 e. The van der Waals surface area contributed by atoms with Gasteiger partial charge in [-0.15, -0.1) is 0 Å². The van der Waals surface area contributed by atoms with E-state index in [0.29, 0.717) is 40.4 Å². The molecular formula is C30H37FN6O2. The number of fused-ring (bicyclic) bond motifs is 1. The van der Waals surface area contributed by atoms with Gasteiger partial charge in [0.25, 0.3) is 0 Å². The molecule has 0 saturated carbocycles. The molecule has 0 radical (unpaired) electrons. The third-order valence-corrected chi connectivity index (χ3v) is 8.60. The van der Waals surface area contributed by atoms with Crippen LogP contribution in [0, 0.1) is 11.2 Å². The lowest BCUT2D eigenvalue weighted by Crippen LogP contribution is -2.58. The Kier molecular flexibility index (Phi) is 6.81. The first-order valence-corrected chi connectivity index (χ1v) is 13.9. The van der Waals surface area contributed by atoms with Crippen molar-refractivity contribution in [1.29, 1.82) is 0 Å². The third kappa shape index (κ3) is 4.57. The van der Waals surface area contributed by atoms with Gasteiger partial charge in [-0.05, 0) is 56.0 Å². The van der Waals surface area contributed by atoms with E-state index in [2.05, 4.69) is 33.6 Å². The van der Waals surface area contributed by atoms with E-state index in [1.807, 2.05) is 13.0 Å². The summed E-state index contributed by atoms with van der Waals surface area (Å²) in [5.41, 5.74) is 2.25. The summed E-state index contributed by atoms with van der Waals surface area (Å²) in [5, 5.41) is 15.1. The molecule has 0 atom stereocenters. The highest BCUT2D eigenvalue weighted by Crippen LogP contribution is 2.47. The number of nitrogens with one attached hydrogen (secondary N) is 1. The van der Waals surface area contributed by atoms with Crippen LogP contribution in [0.15, 0.2) is 30.8 Å². The first kappa shape index (κ1) is 25.8. The summed E-state index contributed by atoms with van der Waals surface area (Å²) in [6.45, 7) is 13.8. The number of benzene rings is 2. The molecule has 1 spiro atoms. The fourth-order valence-corrected chi connectivity index (χ4v) is 6.11. The first-order valence-electron chi connectivity index (χ1n) is 13.9. The second-order valence-electron chi connectivity index (χ2n) is 11.1. The lowest BCUT2D eigenvalue weighted by atomic mass is 9.73. The van der Waals surface area contributed by atoms with Crippen LogP contribution in [0.25, 0.3) is 28.1 Å². The summed E-state index contributed by atoms with van der Waals surface area (Å²) in [6, 6.07) is 6.31. The molecule has 0 amide bonds. The zero-order valence-electron chi connectivity index (χ0n) is 22.8. The molecule has 0 unspecified atom stereocenters. The molecule has 3 aliphatic rings. The van der Waals surface area contributed by atoms with Crippen molar-refractivity contribution in [2.75, 3.05) is 75.8 Å². The molecule has 3 aromatic rings. The number of phenolic OH excluding ortho intramolecular Hbond substituents is 1. The van der Waals surface area contributed by atoms with E-state index in [1.54, 1.807) is 6.08 Å². The van der Waals surface area contributed by atoms with Gasteiger partial charge in [0.1, 0.15) is 22.9 Å². The van der Waals surface area contributed by atoms with Crippen molar-refractivity contribution in [2.45, 2.75) is 19.8 Å². The average molecular weight is 533 g/mol.